The maximum Gasteiger partial charge on any atom is 0.324 e. The van der Waals surface area contributed by atoms with Crippen molar-refractivity contribution in [3.05, 3.63) is 0 Å². The Kier molecular flexibility index (Phi) is 4.62. The normalized spacial score (nSPS) is 33.7. The Hall–Kier alpha value is -0.610. The molecule has 18 heavy (non-hydrogen) atoms. The summed E-state index contributed by atoms with van der Waals surface area (Å²) in [5.74, 6) is -0.368. The summed E-state index contributed by atoms with van der Waals surface area (Å²) in [5, 5.41) is 12.6. The van der Waals surface area contributed by atoms with Crippen LogP contribution < -0.4 is 5.32 Å². The highest BCUT2D eigenvalue weighted by Crippen LogP contribution is 2.38. The van der Waals surface area contributed by atoms with Crippen LogP contribution in [0.5, 0.6) is 0 Å². The van der Waals surface area contributed by atoms with Crippen LogP contribution in [-0.4, -0.2) is 48.2 Å². The fourth-order valence-electron chi connectivity index (χ4n) is 3.71. The van der Waals surface area contributed by atoms with Gasteiger partial charge in [0.05, 0.1) is 0 Å². The molecule has 0 spiro atoms. The summed E-state index contributed by atoms with van der Waals surface area (Å²) in [5.41, 5.74) is -0.657. The van der Waals surface area contributed by atoms with E-state index >= 15 is 0 Å². The van der Waals surface area contributed by atoms with E-state index in [1.807, 2.05) is 0 Å². The Morgan fingerprint density at radius 3 is 2.67 bits per heavy atom. The Labute approximate surface area is 110 Å². The summed E-state index contributed by atoms with van der Waals surface area (Å²) >= 11 is 0. The van der Waals surface area contributed by atoms with Crippen LogP contribution >= 0.6 is 0 Å². The van der Waals surface area contributed by atoms with Gasteiger partial charge in [-0.2, -0.15) is 0 Å². The van der Waals surface area contributed by atoms with Gasteiger partial charge in [-0.15, -0.1) is 0 Å². The molecule has 2 atom stereocenters. The van der Waals surface area contributed by atoms with E-state index in [-0.39, 0.29) is 0 Å². The topological polar surface area (TPSA) is 52.6 Å². The van der Waals surface area contributed by atoms with Gasteiger partial charge in [-0.25, -0.2) is 0 Å². The van der Waals surface area contributed by atoms with Crippen LogP contribution in [0.4, 0.5) is 0 Å². The molecule has 1 aliphatic carbocycles. The number of carbonyl (C=O) groups is 1. The van der Waals surface area contributed by atoms with Gasteiger partial charge in [0.1, 0.15) is 5.54 Å². The Morgan fingerprint density at radius 2 is 2.06 bits per heavy atom. The molecular weight excluding hydrogens is 228 g/mol. The van der Waals surface area contributed by atoms with Crippen molar-refractivity contribution >= 4 is 5.97 Å². The van der Waals surface area contributed by atoms with E-state index in [0.29, 0.717) is 5.92 Å². The minimum Gasteiger partial charge on any atom is -0.480 e. The quantitative estimate of drug-likeness (QED) is 0.784. The smallest absolute Gasteiger partial charge is 0.324 e. The summed E-state index contributed by atoms with van der Waals surface area (Å²) in [7, 11) is 1.80. The second-order valence-electron chi connectivity index (χ2n) is 5.81. The first-order valence-corrected chi connectivity index (χ1v) is 7.34. The molecule has 1 aliphatic heterocycles. The van der Waals surface area contributed by atoms with Crippen molar-refractivity contribution < 1.29 is 9.90 Å². The summed E-state index contributed by atoms with van der Waals surface area (Å²) < 4.78 is 0. The third kappa shape index (κ3) is 2.69. The predicted octanol–water partition coefficient (Wildman–Crippen LogP) is 1.71. The molecule has 2 unspecified atom stereocenters. The van der Waals surface area contributed by atoms with Crippen molar-refractivity contribution in [3.8, 4) is 0 Å². The molecule has 1 heterocycles. The van der Waals surface area contributed by atoms with Gasteiger partial charge in [-0.3, -0.25) is 4.79 Å². The van der Waals surface area contributed by atoms with Gasteiger partial charge in [0, 0.05) is 0 Å². The van der Waals surface area contributed by atoms with Crippen molar-refractivity contribution in [2.45, 2.75) is 50.5 Å². The highest BCUT2D eigenvalue weighted by molar-refractivity contribution is 5.79. The molecule has 0 aromatic carbocycles. The van der Waals surface area contributed by atoms with Crippen LogP contribution in [0.3, 0.4) is 0 Å². The van der Waals surface area contributed by atoms with Crippen molar-refractivity contribution in [1.29, 1.82) is 0 Å². The third-order valence-corrected chi connectivity index (χ3v) is 4.89. The maximum atomic E-state index is 11.5. The van der Waals surface area contributed by atoms with Crippen LogP contribution in [0.1, 0.15) is 44.9 Å². The number of likely N-dealkylation sites (N-methyl/N-ethyl adjacent to an activating group) is 1. The number of carboxylic acids is 1. The van der Waals surface area contributed by atoms with Gasteiger partial charge in [-0.05, 0) is 64.7 Å². The molecule has 1 saturated heterocycles. The van der Waals surface area contributed by atoms with E-state index in [2.05, 4.69) is 10.2 Å². The number of aliphatic carboxylic acids is 1. The number of nitrogens with one attached hydrogen (secondary N) is 1. The Bertz CT molecular complexity index is 290. The molecule has 0 radical (unpaired) electrons. The van der Waals surface area contributed by atoms with E-state index in [9.17, 15) is 9.90 Å². The minimum atomic E-state index is -0.661. The van der Waals surface area contributed by atoms with Gasteiger partial charge in [0.15, 0.2) is 0 Å². The molecule has 0 aromatic heterocycles. The third-order valence-electron chi connectivity index (χ3n) is 4.89. The molecule has 1 saturated carbocycles. The van der Waals surface area contributed by atoms with E-state index in [4.69, 9.17) is 0 Å². The number of hydrogen-bond donors (Lipinski definition) is 2. The fraction of sp³-hybridized carbons (Fsp3) is 0.929. The van der Waals surface area contributed by atoms with E-state index in [0.717, 1.165) is 32.2 Å². The summed E-state index contributed by atoms with van der Waals surface area (Å²) in [6.07, 6.45) is 7.87. The highest BCUT2D eigenvalue weighted by Gasteiger charge is 2.47. The van der Waals surface area contributed by atoms with Crippen molar-refractivity contribution in [1.82, 2.24) is 10.2 Å². The SMILES string of the molecule is CNC1(C(=O)O)CCCC1CCN1CCCCC1. The second kappa shape index (κ2) is 6.02. The molecule has 2 N–H and O–H groups in total. The fourth-order valence-corrected chi connectivity index (χ4v) is 3.71. The summed E-state index contributed by atoms with van der Waals surface area (Å²) in [4.78, 5) is 14.0. The van der Waals surface area contributed by atoms with Crippen molar-refractivity contribution in [2.75, 3.05) is 26.7 Å². The monoisotopic (exact) mass is 254 g/mol. The van der Waals surface area contributed by atoms with Crippen LogP contribution in [0.25, 0.3) is 0 Å². The first-order chi connectivity index (χ1) is 8.69. The van der Waals surface area contributed by atoms with Crippen molar-refractivity contribution in [3.63, 3.8) is 0 Å². The molecular formula is C14H26N2O2. The van der Waals surface area contributed by atoms with Gasteiger partial charge < -0.3 is 15.3 Å². The van der Waals surface area contributed by atoms with Gasteiger partial charge in [0.2, 0.25) is 0 Å². The average molecular weight is 254 g/mol. The second-order valence-corrected chi connectivity index (χ2v) is 5.81. The lowest BCUT2D eigenvalue weighted by atomic mass is 9.84. The molecule has 0 amide bonds. The van der Waals surface area contributed by atoms with Crippen LogP contribution in [0.15, 0.2) is 0 Å². The molecule has 104 valence electrons. The molecule has 2 rings (SSSR count). The lowest BCUT2D eigenvalue weighted by Crippen LogP contribution is -2.53. The largest absolute Gasteiger partial charge is 0.480 e. The summed E-state index contributed by atoms with van der Waals surface area (Å²) in [6, 6.07) is 0. The van der Waals surface area contributed by atoms with E-state index in [1.165, 1.54) is 32.4 Å². The highest BCUT2D eigenvalue weighted by atomic mass is 16.4. The van der Waals surface area contributed by atoms with Gasteiger partial charge in [-0.1, -0.05) is 12.8 Å². The zero-order valence-corrected chi connectivity index (χ0v) is 11.5. The summed E-state index contributed by atoms with van der Waals surface area (Å²) in [6.45, 7) is 3.47. The van der Waals surface area contributed by atoms with Crippen LogP contribution in [-0.2, 0) is 4.79 Å². The molecule has 4 nitrogen and oxygen atoms in total. The zero-order valence-electron chi connectivity index (χ0n) is 11.5. The molecule has 4 heteroatoms. The zero-order chi connectivity index (χ0) is 13.0. The predicted molar refractivity (Wildman–Crippen MR) is 71.7 cm³/mol. The first kappa shape index (κ1) is 13.8. The Morgan fingerprint density at radius 1 is 1.33 bits per heavy atom. The molecule has 0 bridgehead atoms. The number of piperidine rings is 1. The molecule has 2 aliphatic rings. The number of carboxylic acid groups (broad SMARTS) is 1. The van der Waals surface area contributed by atoms with Gasteiger partial charge >= 0.3 is 5.97 Å². The number of likely N-dealkylation sites (tertiary alicyclic amines) is 1. The van der Waals surface area contributed by atoms with E-state index < -0.39 is 11.5 Å². The Balaban J connectivity index is 1.89. The minimum absolute atomic E-state index is 0.293. The lowest BCUT2D eigenvalue weighted by Gasteiger charge is -2.33. The van der Waals surface area contributed by atoms with Gasteiger partial charge in [0.25, 0.3) is 0 Å². The average Bonchev–Trinajstić information content (AvgIpc) is 2.81. The maximum absolute atomic E-state index is 11.5. The van der Waals surface area contributed by atoms with Crippen LogP contribution in [0, 0.1) is 5.92 Å². The van der Waals surface area contributed by atoms with E-state index in [1.54, 1.807) is 7.05 Å². The molecule has 2 fully saturated rings. The number of nitrogens with zero attached hydrogens (tertiary/aromatic N) is 1. The number of rotatable bonds is 5. The number of hydrogen-bond acceptors (Lipinski definition) is 3. The first-order valence-electron chi connectivity index (χ1n) is 7.34. The van der Waals surface area contributed by atoms with Crippen LogP contribution in [0.2, 0.25) is 0 Å². The standard InChI is InChI=1S/C14H26N2O2/c1-15-14(13(17)18)8-5-6-12(14)7-11-16-9-3-2-4-10-16/h12,15H,2-11H2,1H3,(H,17,18). The van der Waals surface area contributed by atoms with Crippen molar-refractivity contribution in [2.24, 2.45) is 5.92 Å². The molecule has 0 aromatic rings. The lowest BCUT2D eigenvalue weighted by molar-refractivity contribution is -0.146.